The molecule has 1 aliphatic heterocycles. The van der Waals surface area contributed by atoms with Crippen LogP contribution in [0.3, 0.4) is 0 Å². The molecule has 2 heterocycles. The molecular weight excluding hydrogens is 216 g/mol. The third-order valence-electron chi connectivity index (χ3n) is 4.00. The Hall–Kier alpha value is -1.10. The van der Waals surface area contributed by atoms with Crippen LogP contribution >= 0.6 is 0 Å². The minimum absolute atomic E-state index is 0.0159. The molecule has 0 amide bonds. The lowest BCUT2D eigenvalue weighted by molar-refractivity contribution is 0.446. The Bertz CT molecular complexity index is 424. The van der Waals surface area contributed by atoms with E-state index in [1.807, 2.05) is 0 Å². The van der Waals surface area contributed by atoms with Crippen molar-refractivity contribution in [3.63, 3.8) is 0 Å². The average Bonchev–Trinajstić information content (AvgIpc) is 3.00. The standard InChI is InChI=1S/C12H20N4O/c17-12-14-11(7-9-5-6-13-8-9)15-16(12)10-3-1-2-4-10/h9-10,13H,1-8H2,(H,14,15,17). The van der Waals surface area contributed by atoms with E-state index in [0.717, 1.165) is 38.2 Å². The molecule has 1 saturated heterocycles. The van der Waals surface area contributed by atoms with Crippen molar-refractivity contribution >= 4 is 0 Å². The van der Waals surface area contributed by atoms with Crippen molar-refractivity contribution in [2.75, 3.05) is 13.1 Å². The molecule has 1 saturated carbocycles. The lowest BCUT2D eigenvalue weighted by Gasteiger charge is -2.07. The molecule has 1 aromatic heterocycles. The second kappa shape index (κ2) is 4.64. The molecule has 2 fully saturated rings. The third-order valence-corrected chi connectivity index (χ3v) is 4.00. The second-order valence-corrected chi connectivity index (χ2v) is 5.32. The van der Waals surface area contributed by atoms with Crippen LogP contribution in [0.5, 0.6) is 0 Å². The van der Waals surface area contributed by atoms with Crippen molar-refractivity contribution in [3.05, 3.63) is 16.3 Å². The van der Waals surface area contributed by atoms with Crippen LogP contribution in [0.15, 0.2) is 4.79 Å². The lowest BCUT2D eigenvalue weighted by atomic mass is 10.1. The van der Waals surface area contributed by atoms with Crippen molar-refractivity contribution in [1.29, 1.82) is 0 Å². The first kappa shape index (κ1) is 11.0. The first-order valence-electron chi connectivity index (χ1n) is 6.71. The minimum atomic E-state index is -0.0159. The smallest absolute Gasteiger partial charge is 0.316 e. The molecule has 5 nitrogen and oxygen atoms in total. The number of nitrogens with one attached hydrogen (secondary N) is 2. The van der Waals surface area contributed by atoms with Gasteiger partial charge in [0.1, 0.15) is 5.82 Å². The van der Waals surface area contributed by atoms with E-state index in [9.17, 15) is 4.79 Å². The highest BCUT2D eigenvalue weighted by molar-refractivity contribution is 4.90. The van der Waals surface area contributed by atoms with Gasteiger partial charge in [0.25, 0.3) is 0 Å². The van der Waals surface area contributed by atoms with Crippen LogP contribution in [0.2, 0.25) is 0 Å². The molecular formula is C12H20N4O. The van der Waals surface area contributed by atoms with Crippen LogP contribution in [0.4, 0.5) is 0 Å². The molecule has 1 atom stereocenters. The summed E-state index contributed by atoms with van der Waals surface area (Å²) in [5, 5.41) is 7.82. The Morgan fingerprint density at radius 3 is 2.82 bits per heavy atom. The molecule has 0 radical (unpaired) electrons. The van der Waals surface area contributed by atoms with Crippen LogP contribution in [0.1, 0.15) is 44.0 Å². The van der Waals surface area contributed by atoms with E-state index in [2.05, 4.69) is 15.4 Å². The summed E-state index contributed by atoms with van der Waals surface area (Å²) in [6.07, 6.45) is 6.77. The zero-order valence-corrected chi connectivity index (χ0v) is 10.1. The van der Waals surface area contributed by atoms with Gasteiger partial charge in [-0.1, -0.05) is 12.8 Å². The number of hydrogen-bond donors (Lipinski definition) is 2. The topological polar surface area (TPSA) is 62.7 Å². The van der Waals surface area contributed by atoms with Gasteiger partial charge in [0, 0.05) is 6.42 Å². The normalized spacial score (nSPS) is 25.8. The highest BCUT2D eigenvalue weighted by atomic mass is 16.2. The van der Waals surface area contributed by atoms with Gasteiger partial charge in [0.05, 0.1) is 6.04 Å². The van der Waals surface area contributed by atoms with E-state index < -0.39 is 0 Å². The Morgan fingerprint density at radius 1 is 1.29 bits per heavy atom. The number of aromatic nitrogens is 3. The van der Waals surface area contributed by atoms with E-state index in [4.69, 9.17) is 0 Å². The fraction of sp³-hybridized carbons (Fsp3) is 0.833. The third kappa shape index (κ3) is 2.29. The Balaban J connectivity index is 1.73. The molecule has 1 aliphatic carbocycles. The fourth-order valence-corrected chi connectivity index (χ4v) is 3.03. The Labute approximate surface area is 101 Å². The summed E-state index contributed by atoms with van der Waals surface area (Å²) in [5.41, 5.74) is -0.0159. The molecule has 0 spiro atoms. The summed E-state index contributed by atoms with van der Waals surface area (Å²) in [6, 6.07) is 0.342. The van der Waals surface area contributed by atoms with Crippen molar-refractivity contribution in [2.24, 2.45) is 5.92 Å². The minimum Gasteiger partial charge on any atom is -0.316 e. The number of aromatic amines is 1. The van der Waals surface area contributed by atoms with Gasteiger partial charge in [0.2, 0.25) is 0 Å². The average molecular weight is 236 g/mol. The van der Waals surface area contributed by atoms with Crippen LogP contribution in [-0.2, 0) is 6.42 Å². The van der Waals surface area contributed by atoms with Crippen molar-refractivity contribution in [2.45, 2.75) is 44.6 Å². The summed E-state index contributed by atoms with van der Waals surface area (Å²) >= 11 is 0. The number of nitrogens with zero attached hydrogens (tertiary/aromatic N) is 2. The highest BCUT2D eigenvalue weighted by Gasteiger charge is 2.22. The van der Waals surface area contributed by atoms with Gasteiger partial charge in [0.15, 0.2) is 0 Å². The maximum atomic E-state index is 11.8. The molecule has 17 heavy (non-hydrogen) atoms. The van der Waals surface area contributed by atoms with E-state index in [1.165, 1.54) is 19.3 Å². The number of hydrogen-bond acceptors (Lipinski definition) is 3. The van der Waals surface area contributed by atoms with Crippen LogP contribution in [-0.4, -0.2) is 27.9 Å². The van der Waals surface area contributed by atoms with Crippen molar-refractivity contribution in [3.8, 4) is 0 Å². The molecule has 5 heteroatoms. The molecule has 1 aromatic rings. The van der Waals surface area contributed by atoms with Gasteiger partial charge in [-0.15, -0.1) is 0 Å². The van der Waals surface area contributed by atoms with Gasteiger partial charge in [-0.25, -0.2) is 9.48 Å². The summed E-state index contributed by atoms with van der Waals surface area (Å²) in [5.74, 6) is 1.51. The van der Waals surface area contributed by atoms with E-state index in [-0.39, 0.29) is 5.69 Å². The zero-order valence-electron chi connectivity index (χ0n) is 10.1. The van der Waals surface area contributed by atoms with Crippen LogP contribution < -0.4 is 11.0 Å². The van der Waals surface area contributed by atoms with E-state index in [0.29, 0.717) is 12.0 Å². The first-order valence-corrected chi connectivity index (χ1v) is 6.71. The highest BCUT2D eigenvalue weighted by Crippen LogP contribution is 2.27. The summed E-state index contributed by atoms with van der Waals surface area (Å²) < 4.78 is 1.69. The largest absolute Gasteiger partial charge is 0.343 e. The summed E-state index contributed by atoms with van der Waals surface area (Å²) in [6.45, 7) is 2.15. The van der Waals surface area contributed by atoms with Crippen molar-refractivity contribution < 1.29 is 0 Å². The molecule has 3 rings (SSSR count). The van der Waals surface area contributed by atoms with E-state index >= 15 is 0 Å². The molecule has 2 aliphatic rings. The number of H-pyrrole nitrogens is 1. The molecule has 2 N–H and O–H groups in total. The lowest BCUT2D eigenvalue weighted by Crippen LogP contribution is -2.21. The monoisotopic (exact) mass is 236 g/mol. The van der Waals surface area contributed by atoms with Crippen LogP contribution in [0, 0.1) is 5.92 Å². The van der Waals surface area contributed by atoms with Gasteiger partial charge in [-0.05, 0) is 38.3 Å². The second-order valence-electron chi connectivity index (χ2n) is 5.32. The van der Waals surface area contributed by atoms with Gasteiger partial charge < -0.3 is 5.32 Å². The quantitative estimate of drug-likeness (QED) is 0.817. The predicted molar refractivity (Wildman–Crippen MR) is 65.0 cm³/mol. The maximum absolute atomic E-state index is 11.8. The van der Waals surface area contributed by atoms with Crippen LogP contribution in [0.25, 0.3) is 0 Å². The SMILES string of the molecule is O=c1[nH]c(CC2CCNC2)nn1C1CCCC1. The van der Waals surface area contributed by atoms with Gasteiger partial charge in [-0.3, -0.25) is 4.98 Å². The fourth-order valence-electron chi connectivity index (χ4n) is 3.03. The molecule has 0 bridgehead atoms. The van der Waals surface area contributed by atoms with Gasteiger partial charge >= 0.3 is 5.69 Å². The Kier molecular flexibility index (Phi) is 3.01. The van der Waals surface area contributed by atoms with Crippen molar-refractivity contribution in [1.82, 2.24) is 20.1 Å². The molecule has 1 unspecified atom stereocenters. The zero-order chi connectivity index (χ0) is 11.7. The number of rotatable bonds is 3. The molecule has 94 valence electrons. The Morgan fingerprint density at radius 2 is 2.12 bits per heavy atom. The van der Waals surface area contributed by atoms with E-state index in [1.54, 1.807) is 4.68 Å². The molecule has 0 aromatic carbocycles. The summed E-state index contributed by atoms with van der Waals surface area (Å²) in [4.78, 5) is 14.7. The van der Waals surface area contributed by atoms with Gasteiger partial charge in [-0.2, -0.15) is 5.10 Å². The maximum Gasteiger partial charge on any atom is 0.343 e. The predicted octanol–water partition coefficient (Wildman–Crippen LogP) is 0.838. The first-order chi connectivity index (χ1) is 8.33. The summed E-state index contributed by atoms with van der Waals surface area (Å²) in [7, 11) is 0.